The molecule has 1 heterocycles. The topological polar surface area (TPSA) is 58.6 Å². The third-order valence-electron chi connectivity index (χ3n) is 3.60. The number of amides is 2. The Kier molecular flexibility index (Phi) is 6.99. The molecule has 0 aromatic rings. The smallest absolute Gasteiger partial charge is 0.410 e. The summed E-state index contributed by atoms with van der Waals surface area (Å²) in [7, 11) is 0. The lowest BCUT2D eigenvalue weighted by Crippen LogP contribution is -2.45. The summed E-state index contributed by atoms with van der Waals surface area (Å²) in [6.45, 7) is 9.70. The number of nitrogens with zero attached hydrogens (tertiary/aromatic N) is 1. The molecule has 1 saturated heterocycles. The second-order valence-corrected chi connectivity index (χ2v) is 6.74. The van der Waals surface area contributed by atoms with Crippen LogP contribution in [0.1, 0.15) is 59.8 Å². The Labute approximate surface area is 128 Å². The molecule has 1 fully saturated rings. The number of carbonyl (C=O) groups is 2. The van der Waals surface area contributed by atoms with Crippen LogP contribution in [-0.2, 0) is 9.53 Å². The van der Waals surface area contributed by atoms with Gasteiger partial charge in [0.1, 0.15) is 5.60 Å². The number of carbonyl (C=O) groups excluding carboxylic acids is 2. The van der Waals surface area contributed by atoms with Crippen molar-refractivity contribution >= 4 is 12.0 Å². The van der Waals surface area contributed by atoms with Crippen LogP contribution in [0.25, 0.3) is 0 Å². The molecule has 1 rings (SSSR count). The molecule has 122 valence electrons. The van der Waals surface area contributed by atoms with Gasteiger partial charge in [0.2, 0.25) is 5.91 Å². The van der Waals surface area contributed by atoms with Gasteiger partial charge in [-0.25, -0.2) is 4.79 Å². The Morgan fingerprint density at radius 2 is 1.81 bits per heavy atom. The first-order chi connectivity index (χ1) is 9.83. The molecule has 1 N–H and O–H groups in total. The van der Waals surface area contributed by atoms with E-state index in [1.807, 2.05) is 20.8 Å². The summed E-state index contributed by atoms with van der Waals surface area (Å²) >= 11 is 0. The van der Waals surface area contributed by atoms with E-state index in [1.165, 1.54) is 0 Å². The van der Waals surface area contributed by atoms with Gasteiger partial charge in [-0.1, -0.05) is 19.8 Å². The van der Waals surface area contributed by atoms with E-state index in [4.69, 9.17) is 4.74 Å². The summed E-state index contributed by atoms with van der Waals surface area (Å²) in [4.78, 5) is 25.7. The Morgan fingerprint density at radius 3 is 2.33 bits per heavy atom. The van der Waals surface area contributed by atoms with E-state index >= 15 is 0 Å². The van der Waals surface area contributed by atoms with Crippen LogP contribution in [0.5, 0.6) is 0 Å². The highest BCUT2D eigenvalue weighted by Gasteiger charge is 2.29. The van der Waals surface area contributed by atoms with Crippen molar-refractivity contribution in [3.63, 3.8) is 0 Å². The summed E-state index contributed by atoms with van der Waals surface area (Å²) in [5, 5.41) is 3.00. The number of piperidine rings is 1. The molecule has 0 spiro atoms. The summed E-state index contributed by atoms with van der Waals surface area (Å²) in [5.41, 5.74) is -0.468. The van der Waals surface area contributed by atoms with E-state index in [-0.39, 0.29) is 17.9 Å². The van der Waals surface area contributed by atoms with Gasteiger partial charge in [-0.2, -0.15) is 0 Å². The SMILES string of the molecule is CCCCCNC(=O)C1CCN(C(=O)OC(C)(C)C)CC1. The fourth-order valence-electron chi connectivity index (χ4n) is 2.38. The van der Waals surface area contributed by atoms with Gasteiger partial charge < -0.3 is 15.0 Å². The lowest BCUT2D eigenvalue weighted by Gasteiger charge is -2.32. The number of ether oxygens (including phenoxy) is 1. The highest BCUT2D eigenvalue weighted by molar-refractivity contribution is 5.79. The predicted molar refractivity (Wildman–Crippen MR) is 83.1 cm³/mol. The second-order valence-electron chi connectivity index (χ2n) is 6.74. The maximum atomic E-state index is 12.0. The lowest BCUT2D eigenvalue weighted by atomic mass is 9.96. The molecule has 5 nitrogen and oxygen atoms in total. The summed E-state index contributed by atoms with van der Waals surface area (Å²) in [6.07, 6.45) is 4.52. The van der Waals surface area contributed by atoms with Crippen LogP contribution in [0.15, 0.2) is 0 Å². The quantitative estimate of drug-likeness (QED) is 0.794. The van der Waals surface area contributed by atoms with Gasteiger partial charge in [0.05, 0.1) is 0 Å². The number of nitrogens with one attached hydrogen (secondary N) is 1. The molecule has 0 unspecified atom stereocenters. The fraction of sp³-hybridized carbons (Fsp3) is 0.875. The Morgan fingerprint density at radius 1 is 1.19 bits per heavy atom. The average molecular weight is 298 g/mol. The van der Waals surface area contributed by atoms with Crippen LogP contribution in [0.3, 0.4) is 0 Å². The monoisotopic (exact) mass is 298 g/mol. The van der Waals surface area contributed by atoms with Crippen molar-refractivity contribution in [2.24, 2.45) is 5.92 Å². The summed E-state index contributed by atoms with van der Waals surface area (Å²) in [5.74, 6) is 0.167. The largest absolute Gasteiger partial charge is 0.444 e. The van der Waals surface area contributed by atoms with Crippen LogP contribution in [0.2, 0.25) is 0 Å². The normalized spacial score (nSPS) is 16.7. The molecular formula is C16H30N2O3. The number of hydrogen-bond acceptors (Lipinski definition) is 3. The van der Waals surface area contributed by atoms with Crippen LogP contribution in [0, 0.1) is 5.92 Å². The molecule has 1 aliphatic rings. The van der Waals surface area contributed by atoms with Crippen LogP contribution >= 0.6 is 0 Å². The first-order valence-corrected chi connectivity index (χ1v) is 8.09. The molecule has 0 aromatic carbocycles. The maximum absolute atomic E-state index is 12.0. The molecule has 0 atom stereocenters. The maximum Gasteiger partial charge on any atom is 0.410 e. The third kappa shape index (κ3) is 6.82. The van der Waals surface area contributed by atoms with Crippen molar-refractivity contribution in [2.45, 2.75) is 65.4 Å². The van der Waals surface area contributed by atoms with Crippen molar-refractivity contribution in [3.8, 4) is 0 Å². The molecule has 1 aliphatic heterocycles. The molecule has 0 bridgehead atoms. The van der Waals surface area contributed by atoms with E-state index in [0.29, 0.717) is 13.1 Å². The van der Waals surface area contributed by atoms with Crippen molar-refractivity contribution in [2.75, 3.05) is 19.6 Å². The highest BCUT2D eigenvalue weighted by atomic mass is 16.6. The number of unbranched alkanes of at least 4 members (excludes halogenated alkanes) is 2. The van der Waals surface area contributed by atoms with Crippen LogP contribution in [-0.4, -0.2) is 42.1 Å². The van der Waals surface area contributed by atoms with Gasteiger partial charge in [-0.15, -0.1) is 0 Å². The Bertz CT molecular complexity index is 342. The number of rotatable bonds is 5. The zero-order chi connectivity index (χ0) is 15.9. The van der Waals surface area contributed by atoms with Gasteiger partial charge in [-0.3, -0.25) is 4.79 Å². The second kappa shape index (κ2) is 8.25. The van der Waals surface area contributed by atoms with E-state index in [0.717, 1.165) is 38.6 Å². The van der Waals surface area contributed by atoms with Crippen LogP contribution in [0.4, 0.5) is 4.79 Å². The lowest BCUT2D eigenvalue weighted by molar-refractivity contribution is -0.126. The first kappa shape index (κ1) is 17.8. The van der Waals surface area contributed by atoms with Crippen molar-refractivity contribution in [1.29, 1.82) is 0 Å². The first-order valence-electron chi connectivity index (χ1n) is 8.09. The average Bonchev–Trinajstić information content (AvgIpc) is 2.41. The van der Waals surface area contributed by atoms with Gasteiger partial charge >= 0.3 is 6.09 Å². The Balaban J connectivity index is 2.28. The highest BCUT2D eigenvalue weighted by Crippen LogP contribution is 2.19. The molecule has 0 radical (unpaired) electrons. The Hall–Kier alpha value is -1.26. The van der Waals surface area contributed by atoms with Gasteiger partial charge in [-0.05, 0) is 40.0 Å². The molecule has 0 aliphatic carbocycles. The zero-order valence-electron chi connectivity index (χ0n) is 13.9. The predicted octanol–water partition coefficient (Wildman–Crippen LogP) is 2.94. The molecular weight excluding hydrogens is 268 g/mol. The van der Waals surface area contributed by atoms with Gasteiger partial charge in [0.25, 0.3) is 0 Å². The third-order valence-corrected chi connectivity index (χ3v) is 3.60. The minimum absolute atomic E-state index is 0.0327. The zero-order valence-corrected chi connectivity index (χ0v) is 13.9. The van der Waals surface area contributed by atoms with E-state index in [1.54, 1.807) is 4.90 Å². The summed E-state index contributed by atoms with van der Waals surface area (Å²) in [6, 6.07) is 0. The number of hydrogen-bond donors (Lipinski definition) is 1. The van der Waals surface area contributed by atoms with Gasteiger partial charge in [0.15, 0.2) is 0 Å². The minimum Gasteiger partial charge on any atom is -0.444 e. The van der Waals surface area contributed by atoms with Crippen molar-refractivity contribution < 1.29 is 14.3 Å². The standard InChI is InChI=1S/C16H30N2O3/c1-5-6-7-10-17-14(19)13-8-11-18(12-9-13)15(20)21-16(2,3)4/h13H,5-12H2,1-4H3,(H,17,19). The molecule has 2 amide bonds. The van der Waals surface area contributed by atoms with E-state index in [2.05, 4.69) is 12.2 Å². The van der Waals surface area contributed by atoms with Gasteiger partial charge in [0, 0.05) is 25.6 Å². The van der Waals surface area contributed by atoms with Crippen LogP contribution < -0.4 is 5.32 Å². The van der Waals surface area contributed by atoms with Crippen molar-refractivity contribution in [3.05, 3.63) is 0 Å². The molecule has 0 aromatic heterocycles. The number of likely N-dealkylation sites (tertiary alicyclic amines) is 1. The molecule has 0 saturated carbocycles. The molecule has 21 heavy (non-hydrogen) atoms. The summed E-state index contributed by atoms with van der Waals surface area (Å²) < 4.78 is 5.35. The minimum atomic E-state index is -0.468. The molecule has 5 heteroatoms. The van der Waals surface area contributed by atoms with E-state index < -0.39 is 5.60 Å². The van der Waals surface area contributed by atoms with Crippen molar-refractivity contribution in [1.82, 2.24) is 10.2 Å². The van der Waals surface area contributed by atoms with E-state index in [9.17, 15) is 9.59 Å². The fourth-order valence-corrected chi connectivity index (χ4v) is 2.38.